The highest BCUT2D eigenvalue weighted by Crippen LogP contribution is 2.23. The van der Waals surface area contributed by atoms with Gasteiger partial charge in [0, 0.05) is 11.3 Å². The lowest BCUT2D eigenvalue weighted by atomic mass is 10.1. The van der Waals surface area contributed by atoms with Gasteiger partial charge in [-0.25, -0.2) is 0 Å². The second-order valence-electron chi connectivity index (χ2n) is 5.57. The number of aliphatic hydroxyl groups is 1. The first-order chi connectivity index (χ1) is 12.3. The summed E-state index contributed by atoms with van der Waals surface area (Å²) in [5.41, 5.74) is 2.12. The van der Waals surface area contributed by atoms with E-state index < -0.39 is 6.10 Å². The van der Waals surface area contributed by atoms with Gasteiger partial charge >= 0.3 is 0 Å². The molecular formula is C21H19NO3. The fourth-order valence-corrected chi connectivity index (χ4v) is 2.49. The van der Waals surface area contributed by atoms with Gasteiger partial charge in [-0.05, 0) is 29.8 Å². The number of amides is 1. The van der Waals surface area contributed by atoms with Crippen molar-refractivity contribution in [1.82, 2.24) is 0 Å². The summed E-state index contributed by atoms with van der Waals surface area (Å²) < 4.78 is 5.93. The predicted molar refractivity (Wildman–Crippen MR) is 97.2 cm³/mol. The molecular weight excluding hydrogens is 314 g/mol. The van der Waals surface area contributed by atoms with Crippen LogP contribution < -0.4 is 10.1 Å². The second kappa shape index (κ2) is 8.13. The van der Waals surface area contributed by atoms with E-state index in [4.69, 9.17) is 4.74 Å². The van der Waals surface area contributed by atoms with Crippen LogP contribution in [0.1, 0.15) is 17.2 Å². The van der Waals surface area contributed by atoms with E-state index in [0.717, 1.165) is 11.1 Å². The van der Waals surface area contributed by atoms with E-state index in [1.807, 2.05) is 60.7 Å². The summed E-state index contributed by atoms with van der Waals surface area (Å²) in [5.74, 6) is 0.348. The van der Waals surface area contributed by atoms with Crippen molar-refractivity contribution in [2.24, 2.45) is 0 Å². The zero-order valence-electron chi connectivity index (χ0n) is 13.6. The van der Waals surface area contributed by atoms with Gasteiger partial charge in [-0.1, -0.05) is 60.7 Å². The van der Waals surface area contributed by atoms with Crippen LogP contribution in [0, 0.1) is 0 Å². The summed E-state index contributed by atoms with van der Waals surface area (Å²) in [4.78, 5) is 12.8. The number of hydrogen-bond acceptors (Lipinski definition) is 3. The van der Waals surface area contributed by atoms with Gasteiger partial charge in [0.05, 0.1) is 6.61 Å². The topological polar surface area (TPSA) is 58.6 Å². The number of aliphatic hydroxyl groups excluding tert-OH is 1. The number of nitrogens with one attached hydrogen (secondary N) is 1. The molecule has 4 nitrogen and oxygen atoms in total. The third kappa shape index (κ3) is 4.46. The Hall–Kier alpha value is -3.11. The van der Waals surface area contributed by atoms with E-state index >= 15 is 0 Å². The molecule has 3 aromatic carbocycles. The lowest BCUT2D eigenvalue weighted by molar-refractivity contribution is -0.123. The van der Waals surface area contributed by atoms with E-state index in [9.17, 15) is 9.90 Å². The number of para-hydroxylation sites is 1. The molecule has 2 N–H and O–H groups in total. The number of carbonyl (C=O) groups excluding carboxylic acids is 1. The lowest BCUT2D eigenvalue weighted by Crippen LogP contribution is -2.25. The number of benzene rings is 3. The Balaban J connectivity index is 1.84. The van der Waals surface area contributed by atoms with Crippen molar-refractivity contribution in [2.75, 3.05) is 5.32 Å². The molecule has 0 heterocycles. The van der Waals surface area contributed by atoms with Crippen molar-refractivity contribution in [1.29, 1.82) is 0 Å². The van der Waals surface area contributed by atoms with Crippen LogP contribution in [0.15, 0.2) is 84.9 Å². The molecule has 0 saturated heterocycles. The monoisotopic (exact) mass is 333 g/mol. The van der Waals surface area contributed by atoms with Gasteiger partial charge in [-0.15, -0.1) is 0 Å². The Kier molecular flexibility index (Phi) is 5.44. The van der Waals surface area contributed by atoms with Crippen LogP contribution in [0.5, 0.6) is 5.75 Å². The molecule has 0 fully saturated rings. The third-order valence-corrected chi connectivity index (χ3v) is 3.71. The number of rotatable bonds is 6. The quantitative estimate of drug-likeness (QED) is 0.718. The molecule has 3 aromatic rings. The number of hydrogen-bond donors (Lipinski definition) is 2. The zero-order chi connectivity index (χ0) is 17.5. The average molecular weight is 333 g/mol. The van der Waals surface area contributed by atoms with Crippen LogP contribution >= 0.6 is 0 Å². The Morgan fingerprint density at radius 3 is 2.28 bits per heavy atom. The van der Waals surface area contributed by atoms with E-state index in [-0.39, 0.29) is 12.5 Å². The molecule has 1 unspecified atom stereocenters. The summed E-state index contributed by atoms with van der Waals surface area (Å²) in [6, 6.07) is 25.7. The van der Waals surface area contributed by atoms with Gasteiger partial charge in [0.1, 0.15) is 5.75 Å². The van der Waals surface area contributed by atoms with Crippen molar-refractivity contribution in [2.45, 2.75) is 12.7 Å². The highest BCUT2D eigenvalue weighted by molar-refractivity contribution is 5.95. The molecule has 3 rings (SSSR count). The van der Waals surface area contributed by atoms with Gasteiger partial charge in [-0.3, -0.25) is 4.79 Å². The van der Waals surface area contributed by atoms with Crippen molar-refractivity contribution < 1.29 is 14.6 Å². The normalized spacial score (nSPS) is 11.6. The highest BCUT2D eigenvalue weighted by Gasteiger charge is 2.22. The standard InChI is InChI=1S/C21H19NO3/c23-15-16-8-7-11-18(14-16)22-21(24)20(17-9-3-1-4-10-17)25-19-12-5-2-6-13-19/h1-14,20,23H,15H2,(H,22,24). The molecule has 1 atom stereocenters. The third-order valence-electron chi connectivity index (χ3n) is 3.71. The van der Waals surface area contributed by atoms with E-state index in [2.05, 4.69) is 5.32 Å². The summed E-state index contributed by atoms with van der Waals surface area (Å²) >= 11 is 0. The van der Waals surface area contributed by atoms with Crippen LogP contribution in [-0.4, -0.2) is 11.0 Å². The predicted octanol–water partition coefficient (Wildman–Crippen LogP) is 3.94. The fraction of sp³-hybridized carbons (Fsp3) is 0.0952. The molecule has 0 spiro atoms. The molecule has 0 aliphatic rings. The van der Waals surface area contributed by atoms with Crippen LogP contribution in [0.3, 0.4) is 0 Å². The molecule has 1 amide bonds. The molecule has 0 aliphatic carbocycles. The molecule has 126 valence electrons. The Bertz CT molecular complexity index is 819. The van der Waals surface area contributed by atoms with Crippen LogP contribution in [0.25, 0.3) is 0 Å². The summed E-state index contributed by atoms with van der Waals surface area (Å²) in [7, 11) is 0. The Morgan fingerprint density at radius 1 is 0.920 bits per heavy atom. The number of carbonyl (C=O) groups is 1. The van der Waals surface area contributed by atoms with E-state index in [0.29, 0.717) is 11.4 Å². The molecule has 0 saturated carbocycles. The maximum absolute atomic E-state index is 12.8. The molecule has 4 heteroatoms. The molecule has 0 radical (unpaired) electrons. The van der Waals surface area contributed by atoms with Gasteiger partial charge in [0.2, 0.25) is 6.10 Å². The SMILES string of the molecule is O=C(Nc1cccc(CO)c1)C(Oc1ccccc1)c1ccccc1. The Morgan fingerprint density at radius 2 is 1.60 bits per heavy atom. The summed E-state index contributed by atoms with van der Waals surface area (Å²) in [5, 5.41) is 12.1. The van der Waals surface area contributed by atoms with Gasteiger partial charge in [0.25, 0.3) is 5.91 Å². The van der Waals surface area contributed by atoms with E-state index in [1.54, 1.807) is 24.3 Å². The van der Waals surface area contributed by atoms with Gasteiger partial charge < -0.3 is 15.2 Å². The van der Waals surface area contributed by atoms with Crippen LogP contribution in [0.4, 0.5) is 5.69 Å². The maximum atomic E-state index is 12.8. The zero-order valence-corrected chi connectivity index (χ0v) is 13.6. The minimum Gasteiger partial charge on any atom is -0.476 e. The first-order valence-electron chi connectivity index (χ1n) is 8.03. The minimum atomic E-state index is -0.776. The lowest BCUT2D eigenvalue weighted by Gasteiger charge is -2.19. The van der Waals surface area contributed by atoms with Crippen LogP contribution in [-0.2, 0) is 11.4 Å². The first kappa shape index (κ1) is 16.7. The number of anilines is 1. The maximum Gasteiger partial charge on any atom is 0.270 e. The van der Waals surface area contributed by atoms with Crippen molar-refractivity contribution in [3.8, 4) is 5.75 Å². The fourth-order valence-electron chi connectivity index (χ4n) is 2.49. The first-order valence-corrected chi connectivity index (χ1v) is 8.03. The Labute approximate surface area is 146 Å². The molecule has 0 aromatic heterocycles. The minimum absolute atomic E-state index is 0.0770. The average Bonchev–Trinajstić information content (AvgIpc) is 2.67. The van der Waals surface area contributed by atoms with Gasteiger partial charge in [0.15, 0.2) is 0 Å². The smallest absolute Gasteiger partial charge is 0.270 e. The molecule has 0 aliphatic heterocycles. The van der Waals surface area contributed by atoms with E-state index in [1.165, 1.54) is 0 Å². The highest BCUT2D eigenvalue weighted by atomic mass is 16.5. The largest absolute Gasteiger partial charge is 0.476 e. The van der Waals surface area contributed by atoms with Crippen molar-refractivity contribution in [3.05, 3.63) is 96.1 Å². The van der Waals surface area contributed by atoms with Gasteiger partial charge in [-0.2, -0.15) is 0 Å². The summed E-state index contributed by atoms with van der Waals surface area (Å²) in [6.45, 7) is -0.0770. The molecule has 0 bridgehead atoms. The number of ether oxygens (including phenoxy) is 1. The van der Waals surface area contributed by atoms with Crippen LogP contribution in [0.2, 0.25) is 0 Å². The van der Waals surface area contributed by atoms with Crippen molar-refractivity contribution >= 4 is 11.6 Å². The summed E-state index contributed by atoms with van der Waals surface area (Å²) in [6.07, 6.45) is -0.776. The van der Waals surface area contributed by atoms with Crippen molar-refractivity contribution in [3.63, 3.8) is 0 Å². The molecule has 25 heavy (non-hydrogen) atoms. The second-order valence-corrected chi connectivity index (χ2v) is 5.57.